The second kappa shape index (κ2) is 17.1. The fourth-order valence-corrected chi connectivity index (χ4v) is 6.19. The fourth-order valence-electron chi connectivity index (χ4n) is 6.19. The predicted octanol–water partition coefficient (Wildman–Crippen LogP) is 6.12. The van der Waals surface area contributed by atoms with Crippen LogP contribution in [-0.4, -0.2) is 43.0 Å². The molecule has 0 radical (unpaired) electrons. The lowest BCUT2D eigenvalue weighted by atomic mass is 9.71. The molecule has 2 aliphatic carbocycles. The number of ether oxygens (including phenoxy) is 1. The Morgan fingerprint density at radius 1 is 0.953 bits per heavy atom. The molecule has 0 saturated heterocycles. The molecule has 1 heterocycles. The molecule has 7 nitrogen and oxygen atoms in total. The fraction of sp³-hybridized carbons (Fsp3) is 0.417. The van der Waals surface area contributed by atoms with E-state index in [4.69, 9.17) is 0 Å². The van der Waals surface area contributed by atoms with Gasteiger partial charge in [-0.2, -0.15) is 0 Å². The van der Waals surface area contributed by atoms with Gasteiger partial charge in [-0.25, -0.2) is 4.79 Å². The Morgan fingerprint density at radius 3 is 2.65 bits per heavy atom. The van der Waals surface area contributed by atoms with Gasteiger partial charge in [-0.3, -0.25) is 9.59 Å². The van der Waals surface area contributed by atoms with Crippen molar-refractivity contribution in [3.8, 4) is 0 Å². The second-order valence-corrected chi connectivity index (χ2v) is 11.3. The zero-order valence-electron chi connectivity index (χ0n) is 25.2. The summed E-state index contributed by atoms with van der Waals surface area (Å²) in [4.78, 5) is 38.9. The molecule has 3 N–H and O–H groups in total. The summed E-state index contributed by atoms with van der Waals surface area (Å²) in [6.45, 7) is 0.917. The molecule has 2 amide bonds. The van der Waals surface area contributed by atoms with Crippen LogP contribution in [0.5, 0.6) is 0 Å². The number of nitrogens with one attached hydrogen (secondary N) is 3. The molecule has 0 spiro atoms. The number of aromatic amines is 1. The van der Waals surface area contributed by atoms with Crippen LogP contribution in [0.25, 0.3) is 10.9 Å². The molecule has 1 aromatic heterocycles. The smallest absolute Gasteiger partial charge is 0.330 e. The SMILES string of the molecule is COC(=O)C=CC=CC1C(C=CC=CCCCC(=O)NCCC(=O)NCCc2c[nH]c3ccccc23)C=CC2CCCC21. The Labute approximate surface area is 255 Å². The predicted molar refractivity (Wildman–Crippen MR) is 172 cm³/mol. The van der Waals surface area contributed by atoms with Gasteiger partial charge in [-0.05, 0) is 61.5 Å². The van der Waals surface area contributed by atoms with E-state index in [0.29, 0.717) is 43.2 Å². The maximum atomic E-state index is 12.2. The van der Waals surface area contributed by atoms with Gasteiger partial charge in [0.15, 0.2) is 0 Å². The van der Waals surface area contributed by atoms with Crippen LogP contribution in [0.2, 0.25) is 0 Å². The van der Waals surface area contributed by atoms with Crippen molar-refractivity contribution in [1.29, 1.82) is 0 Å². The summed E-state index contributed by atoms with van der Waals surface area (Å²) in [5, 5.41) is 6.98. The molecule has 1 aromatic carbocycles. The molecular weight excluding hydrogens is 538 g/mol. The van der Waals surface area contributed by atoms with E-state index in [1.807, 2.05) is 30.5 Å². The third kappa shape index (κ3) is 9.98. The zero-order valence-corrected chi connectivity index (χ0v) is 25.2. The van der Waals surface area contributed by atoms with Gasteiger partial charge < -0.3 is 20.4 Å². The lowest BCUT2D eigenvalue weighted by Gasteiger charge is -2.33. The highest BCUT2D eigenvalue weighted by Crippen LogP contribution is 2.45. The molecule has 0 aliphatic heterocycles. The summed E-state index contributed by atoms with van der Waals surface area (Å²) in [5.74, 6) is 1.60. The van der Waals surface area contributed by atoms with Gasteiger partial charge in [0.2, 0.25) is 11.8 Å². The van der Waals surface area contributed by atoms with Crippen molar-refractivity contribution in [2.24, 2.45) is 23.7 Å². The molecule has 4 rings (SSSR count). The normalized spacial score (nSPS) is 21.8. The quantitative estimate of drug-likeness (QED) is 0.0773. The number of allylic oxidation sites excluding steroid dienone is 9. The summed E-state index contributed by atoms with van der Waals surface area (Å²) < 4.78 is 4.67. The third-order valence-corrected chi connectivity index (χ3v) is 8.44. The van der Waals surface area contributed by atoms with Crippen LogP contribution in [0.3, 0.4) is 0 Å². The van der Waals surface area contributed by atoms with Gasteiger partial charge in [0, 0.05) is 55.0 Å². The van der Waals surface area contributed by atoms with Crippen LogP contribution in [0, 0.1) is 23.7 Å². The molecule has 4 unspecified atom stereocenters. The number of H-pyrrole nitrogens is 1. The highest BCUT2D eigenvalue weighted by molar-refractivity contribution is 5.83. The van der Waals surface area contributed by atoms with Gasteiger partial charge in [0.05, 0.1) is 7.11 Å². The number of esters is 1. The highest BCUT2D eigenvalue weighted by Gasteiger charge is 2.36. The molecule has 1 saturated carbocycles. The first-order valence-electron chi connectivity index (χ1n) is 15.6. The molecule has 43 heavy (non-hydrogen) atoms. The zero-order chi connectivity index (χ0) is 30.3. The van der Waals surface area contributed by atoms with Crippen molar-refractivity contribution in [2.45, 2.75) is 51.4 Å². The van der Waals surface area contributed by atoms with Crippen molar-refractivity contribution in [3.63, 3.8) is 0 Å². The van der Waals surface area contributed by atoms with E-state index in [-0.39, 0.29) is 24.2 Å². The number of benzene rings is 1. The van der Waals surface area contributed by atoms with Crippen LogP contribution in [0.15, 0.2) is 91.2 Å². The average molecular weight is 584 g/mol. The number of fused-ring (bicyclic) bond motifs is 2. The lowest BCUT2D eigenvalue weighted by Crippen LogP contribution is -2.31. The number of para-hydroxylation sites is 1. The van der Waals surface area contributed by atoms with Crippen molar-refractivity contribution in [1.82, 2.24) is 15.6 Å². The van der Waals surface area contributed by atoms with E-state index in [9.17, 15) is 14.4 Å². The Balaban J connectivity index is 1.09. The van der Waals surface area contributed by atoms with Gasteiger partial charge in [-0.15, -0.1) is 0 Å². The Hall–Kier alpha value is -4.13. The lowest BCUT2D eigenvalue weighted by molar-refractivity contribution is -0.134. The number of carbonyl (C=O) groups is 3. The van der Waals surface area contributed by atoms with Gasteiger partial charge in [0.25, 0.3) is 0 Å². The Morgan fingerprint density at radius 2 is 1.77 bits per heavy atom. The van der Waals surface area contributed by atoms with Gasteiger partial charge >= 0.3 is 5.97 Å². The van der Waals surface area contributed by atoms with E-state index in [1.54, 1.807) is 6.08 Å². The summed E-state index contributed by atoms with van der Waals surface area (Å²) in [5.41, 5.74) is 2.28. The number of unbranched alkanes of at least 4 members (excludes halogenated alkanes) is 1. The number of hydrogen-bond donors (Lipinski definition) is 3. The van der Waals surface area contributed by atoms with Crippen molar-refractivity contribution >= 4 is 28.7 Å². The first-order valence-corrected chi connectivity index (χ1v) is 15.6. The maximum Gasteiger partial charge on any atom is 0.330 e. The summed E-state index contributed by atoms with van der Waals surface area (Å²) >= 11 is 0. The number of amides is 2. The van der Waals surface area contributed by atoms with Crippen LogP contribution in [0.1, 0.15) is 50.5 Å². The summed E-state index contributed by atoms with van der Waals surface area (Å²) in [6.07, 6.45) is 29.4. The van der Waals surface area contributed by atoms with Crippen molar-refractivity contribution < 1.29 is 19.1 Å². The standard InChI is InChI=1S/C36H45N3O4/c1-43-36(42)19-10-8-14-30-27(20-21-28-13-11-16-31(28)30)12-5-3-2-4-6-18-34(40)38-25-23-35(41)37-24-22-29-26-39-33-17-9-7-15-32(29)33/h2-3,5,7-10,12,14-15,17,19-21,26-28,30-31,39H,4,6,11,13,16,18,22-25H2,1H3,(H,37,41)(H,38,40). The average Bonchev–Trinajstić information content (AvgIpc) is 3.66. The van der Waals surface area contributed by atoms with Crippen LogP contribution < -0.4 is 10.6 Å². The second-order valence-electron chi connectivity index (χ2n) is 11.3. The first-order chi connectivity index (χ1) is 21.0. The molecular formula is C36H45N3O4. The number of methoxy groups -OCH3 is 1. The van der Waals surface area contributed by atoms with E-state index in [0.717, 1.165) is 24.8 Å². The first kappa shape index (κ1) is 31.8. The summed E-state index contributed by atoms with van der Waals surface area (Å²) in [7, 11) is 1.38. The van der Waals surface area contributed by atoms with Gasteiger partial charge in [-0.1, -0.05) is 79.3 Å². The molecule has 2 aromatic rings. The van der Waals surface area contributed by atoms with Gasteiger partial charge in [0.1, 0.15) is 0 Å². The molecule has 228 valence electrons. The molecule has 1 fully saturated rings. The minimum Gasteiger partial charge on any atom is -0.466 e. The maximum absolute atomic E-state index is 12.2. The summed E-state index contributed by atoms with van der Waals surface area (Å²) in [6, 6.07) is 8.13. The van der Waals surface area contributed by atoms with E-state index >= 15 is 0 Å². The van der Waals surface area contributed by atoms with Crippen molar-refractivity contribution in [3.05, 3.63) is 96.8 Å². The van der Waals surface area contributed by atoms with E-state index < -0.39 is 0 Å². The van der Waals surface area contributed by atoms with Crippen LogP contribution in [-0.2, 0) is 25.5 Å². The van der Waals surface area contributed by atoms with E-state index in [2.05, 4.69) is 69.0 Å². The third-order valence-electron chi connectivity index (χ3n) is 8.44. The number of carbonyl (C=O) groups excluding carboxylic acids is 3. The number of hydrogen-bond acceptors (Lipinski definition) is 4. The molecule has 2 aliphatic rings. The monoisotopic (exact) mass is 583 g/mol. The van der Waals surface area contributed by atoms with E-state index in [1.165, 1.54) is 43.4 Å². The number of aromatic nitrogens is 1. The Bertz CT molecular complexity index is 1370. The minimum absolute atomic E-state index is 0.0233. The Kier molecular flexibility index (Phi) is 12.6. The van der Waals surface area contributed by atoms with Crippen LogP contribution >= 0.6 is 0 Å². The highest BCUT2D eigenvalue weighted by atomic mass is 16.5. The van der Waals surface area contributed by atoms with Crippen molar-refractivity contribution in [2.75, 3.05) is 20.2 Å². The molecule has 7 heteroatoms. The molecule has 0 bridgehead atoms. The topological polar surface area (TPSA) is 100 Å². The minimum atomic E-state index is -0.345. The largest absolute Gasteiger partial charge is 0.466 e. The van der Waals surface area contributed by atoms with Crippen LogP contribution in [0.4, 0.5) is 0 Å². The number of rotatable bonds is 15. The molecule has 4 atom stereocenters.